The van der Waals surface area contributed by atoms with Crippen LogP contribution in [-0.2, 0) is 0 Å². The number of rotatable bonds is 7. The van der Waals surface area contributed by atoms with Crippen molar-refractivity contribution in [3.8, 4) is 11.5 Å². The summed E-state index contributed by atoms with van der Waals surface area (Å²) >= 11 is 0. The van der Waals surface area contributed by atoms with Crippen LogP contribution in [0.2, 0.25) is 0 Å². The Morgan fingerprint density at radius 3 is 2.72 bits per heavy atom. The molecule has 1 aliphatic heterocycles. The Morgan fingerprint density at radius 2 is 1.90 bits per heavy atom. The molecule has 0 saturated carbocycles. The minimum atomic E-state index is -0.536. The number of benzene rings is 2. The SMILES string of the molecule is O[C@@H]1CN(CCCOc2ccc(F)cc2)CC[C@H]1Oc1ccc2ccncc2c1. The number of pyridine rings is 1. The van der Waals surface area contributed by atoms with E-state index in [1.807, 2.05) is 30.5 Å². The molecule has 4 rings (SSSR count). The van der Waals surface area contributed by atoms with E-state index < -0.39 is 6.10 Å². The lowest BCUT2D eigenvalue weighted by molar-refractivity contribution is -0.0259. The summed E-state index contributed by atoms with van der Waals surface area (Å²) in [5.41, 5.74) is 0. The number of ether oxygens (including phenoxy) is 2. The van der Waals surface area contributed by atoms with Crippen molar-refractivity contribution in [2.75, 3.05) is 26.2 Å². The lowest BCUT2D eigenvalue weighted by atomic mass is 10.0. The number of piperidine rings is 1. The van der Waals surface area contributed by atoms with Crippen LogP contribution in [0.4, 0.5) is 4.39 Å². The number of β-amino-alcohol motifs (C(OH)–C–C–N with tert-alkyl or cyclic N) is 1. The molecule has 2 aromatic carbocycles. The molecule has 2 heterocycles. The number of halogens is 1. The highest BCUT2D eigenvalue weighted by molar-refractivity contribution is 5.82. The Kier molecular flexibility index (Phi) is 6.22. The molecule has 152 valence electrons. The van der Waals surface area contributed by atoms with Gasteiger partial charge in [-0.1, -0.05) is 6.07 Å². The van der Waals surface area contributed by atoms with E-state index in [0.29, 0.717) is 18.9 Å². The second-order valence-electron chi connectivity index (χ2n) is 7.35. The molecule has 0 spiro atoms. The number of hydrogen-bond acceptors (Lipinski definition) is 5. The first-order valence-electron chi connectivity index (χ1n) is 9.96. The summed E-state index contributed by atoms with van der Waals surface area (Å²) < 4.78 is 24.6. The molecule has 5 nitrogen and oxygen atoms in total. The van der Waals surface area contributed by atoms with Gasteiger partial charge >= 0.3 is 0 Å². The Hall–Kier alpha value is -2.70. The fourth-order valence-electron chi connectivity index (χ4n) is 3.64. The molecule has 3 aromatic rings. The summed E-state index contributed by atoms with van der Waals surface area (Å²) in [6, 6.07) is 13.9. The van der Waals surface area contributed by atoms with Crippen LogP contribution in [0.15, 0.2) is 60.9 Å². The highest BCUT2D eigenvalue weighted by Crippen LogP contribution is 2.24. The van der Waals surface area contributed by atoms with Gasteiger partial charge in [-0.3, -0.25) is 4.98 Å². The molecule has 1 N–H and O–H groups in total. The minimum Gasteiger partial charge on any atom is -0.494 e. The van der Waals surface area contributed by atoms with Crippen molar-refractivity contribution < 1.29 is 19.0 Å². The number of likely N-dealkylation sites (tertiary alicyclic amines) is 1. The van der Waals surface area contributed by atoms with Crippen LogP contribution in [0.5, 0.6) is 11.5 Å². The van der Waals surface area contributed by atoms with Gasteiger partial charge in [0.05, 0.1) is 6.61 Å². The molecule has 0 radical (unpaired) electrons. The molecule has 2 atom stereocenters. The van der Waals surface area contributed by atoms with Gasteiger partial charge in [0.15, 0.2) is 0 Å². The summed E-state index contributed by atoms with van der Waals surface area (Å²) in [5, 5.41) is 12.7. The topological polar surface area (TPSA) is 54.8 Å². The lowest BCUT2D eigenvalue weighted by Crippen LogP contribution is -2.49. The molecule has 1 aromatic heterocycles. The standard InChI is InChI=1S/C23H25FN2O3/c24-19-3-6-20(7-4-19)28-13-1-11-26-12-9-23(22(27)16-26)29-21-5-2-17-8-10-25-15-18(17)14-21/h2-8,10,14-15,22-23,27H,1,9,11-13,16H2/t22-,23-/m1/s1. The zero-order valence-corrected chi connectivity index (χ0v) is 16.2. The van der Waals surface area contributed by atoms with E-state index in [0.717, 1.165) is 42.5 Å². The van der Waals surface area contributed by atoms with E-state index in [4.69, 9.17) is 9.47 Å². The molecular formula is C23H25FN2O3. The maximum atomic E-state index is 12.9. The fraction of sp³-hybridized carbons (Fsp3) is 0.348. The van der Waals surface area contributed by atoms with Crippen molar-refractivity contribution in [1.82, 2.24) is 9.88 Å². The monoisotopic (exact) mass is 396 g/mol. The smallest absolute Gasteiger partial charge is 0.127 e. The van der Waals surface area contributed by atoms with Gasteiger partial charge in [0.2, 0.25) is 0 Å². The van der Waals surface area contributed by atoms with Crippen molar-refractivity contribution in [2.45, 2.75) is 25.0 Å². The van der Waals surface area contributed by atoms with Crippen LogP contribution in [0.25, 0.3) is 10.8 Å². The summed E-state index contributed by atoms with van der Waals surface area (Å²) in [4.78, 5) is 6.37. The largest absolute Gasteiger partial charge is 0.494 e. The van der Waals surface area contributed by atoms with Crippen molar-refractivity contribution >= 4 is 10.8 Å². The van der Waals surface area contributed by atoms with E-state index in [1.54, 1.807) is 18.3 Å². The minimum absolute atomic E-state index is 0.212. The predicted molar refractivity (Wildman–Crippen MR) is 110 cm³/mol. The van der Waals surface area contributed by atoms with Crippen LogP contribution in [-0.4, -0.2) is 53.4 Å². The zero-order chi connectivity index (χ0) is 20.1. The number of nitrogens with zero attached hydrogens (tertiary/aromatic N) is 2. The third-order valence-corrected chi connectivity index (χ3v) is 5.20. The lowest BCUT2D eigenvalue weighted by Gasteiger charge is -2.36. The van der Waals surface area contributed by atoms with Gasteiger partial charge in [-0.2, -0.15) is 0 Å². The molecule has 0 aliphatic carbocycles. The number of fused-ring (bicyclic) bond motifs is 1. The average molecular weight is 396 g/mol. The van der Waals surface area contributed by atoms with Gasteiger partial charge in [0.25, 0.3) is 0 Å². The molecular weight excluding hydrogens is 371 g/mol. The maximum absolute atomic E-state index is 12.9. The quantitative estimate of drug-likeness (QED) is 0.618. The van der Waals surface area contributed by atoms with E-state index in [2.05, 4.69) is 9.88 Å². The van der Waals surface area contributed by atoms with Crippen LogP contribution >= 0.6 is 0 Å². The summed E-state index contributed by atoms with van der Waals surface area (Å²) in [7, 11) is 0. The summed E-state index contributed by atoms with van der Waals surface area (Å²) in [6.45, 7) is 2.85. The molecule has 6 heteroatoms. The molecule has 0 amide bonds. The van der Waals surface area contributed by atoms with Crippen molar-refractivity contribution in [2.24, 2.45) is 0 Å². The number of aliphatic hydroxyl groups excluding tert-OH is 1. The van der Waals surface area contributed by atoms with E-state index in [-0.39, 0.29) is 11.9 Å². The predicted octanol–water partition coefficient (Wildman–Crippen LogP) is 3.66. The van der Waals surface area contributed by atoms with Gasteiger partial charge in [0.1, 0.15) is 29.5 Å². The van der Waals surface area contributed by atoms with Crippen LogP contribution in [0, 0.1) is 5.82 Å². The van der Waals surface area contributed by atoms with E-state index in [1.165, 1.54) is 12.1 Å². The third-order valence-electron chi connectivity index (χ3n) is 5.20. The van der Waals surface area contributed by atoms with Crippen molar-refractivity contribution in [3.05, 3.63) is 66.7 Å². The van der Waals surface area contributed by atoms with E-state index in [9.17, 15) is 9.50 Å². The Labute approximate surface area is 169 Å². The second-order valence-corrected chi connectivity index (χ2v) is 7.35. The molecule has 0 unspecified atom stereocenters. The maximum Gasteiger partial charge on any atom is 0.127 e. The Balaban J connectivity index is 1.22. The fourth-order valence-corrected chi connectivity index (χ4v) is 3.64. The van der Waals surface area contributed by atoms with Crippen molar-refractivity contribution in [3.63, 3.8) is 0 Å². The summed E-state index contributed by atoms with van der Waals surface area (Å²) in [5.74, 6) is 1.16. The average Bonchev–Trinajstić information content (AvgIpc) is 2.74. The first kappa shape index (κ1) is 19.6. The van der Waals surface area contributed by atoms with Gasteiger partial charge < -0.3 is 19.5 Å². The number of aromatic nitrogens is 1. The highest BCUT2D eigenvalue weighted by Gasteiger charge is 2.29. The number of hydrogen-bond donors (Lipinski definition) is 1. The second kappa shape index (κ2) is 9.20. The zero-order valence-electron chi connectivity index (χ0n) is 16.2. The molecule has 0 bridgehead atoms. The molecule has 1 fully saturated rings. The van der Waals surface area contributed by atoms with Crippen LogP contribution in [0.3, 0.4) is 0 Å². The highest BCUT2D eigenvalue weighted by atomic mass is 19.1. The Bertz CT molecular complexity index is 935. The van der Waals surface area contributed by atoms with Crippen molar-refractivity contribution in [1.29, 1.82) is 0 Å². The third kappa shape index (κ3) is 5.22. The first-order chi connectivity index (χ1) is 14.2. The molecule has 1 saturated heterocycles. The molecule has 29 heavy (non-hydrogen) atoms. The number of aliphatic hydroxyl groups is 1. The van der Waals surface area contributed by atoms with Gasteiger partial charge in [-0.05, 0) is 60.7 Å². The van der Waals surface area contributed by atoms with E-state index >= 15 is 0 Å². The van der Waals surface area contributed by atoms with Gasteiger partial charge in [-0.15, -0.1) is 0 Å². The normalized spacial score (nSPS) is 19.9. The van der Waals surface area contributed by atoms with Gasteiger partial charge in [-0.25, -0.2) is 4.39 Å². The summed E-state index contributed by atoms with van der Waals surface area (Å²) in [6.07, 6.45) is 4.45. The van der Waals surface area contributed by atoms with Crippen LogP contribution < -0.4 is 9.47 Å². The Morgan fingerprint density at radius 1 is 1.07 bits per heavy atom. The van der Waals surface area contributed by atoms with Crippen LogP contribution in [0.1, 0.15) is 12.8 Å². The molecule has 1 aliphatic rings. The van der Waals surface area contributed by atoms with Gasteiger partial charge in [0, 0.05) is 37.4 Å². The first-order valence-corrected chi connectivity index (χ1v) is 9.96.